The Kier molecular flexibility index (Phi) is 3.26. The van der Waals surface area contributed by atoms with Gasteiger partial charge in [0.1, 0.15) is 5.52 Å². The second-order valence-electron chi connectivity index (χ2n) is 4.63. The Morgan fingerprint density at radius 1 is 0.955 bits per heavy atom. The first-order chi connectivity index (χ1) is 10.5. The highest BCUT2D eigenvalue weighted by molar-refractivity contribution is 6.30. The predicted octanol–water partition coefficient (Wildman–Crippen LogP) is 4.30. The largest absolute Gasteiger partial charge is 0.349 e. The molecule has 22 heavy (non-hydrogen) atoms. The van der Waals surface area contributed by atoms with Gasteiger partial charge in [-0.2, -0.15) is 0 Å². The van der Waals surface area contributed by atoms with E-state index in [2.05, 4.69) is 4.98 Å². The van der Waals surface area contributed by atoms with Gasteiger partial charge in [0.05, 0.1) is 15.9 Å². The normalized spacial score (nSPS) is 10.8. The molecule has 0 amide bonds. The molecule has 0 spiro atoms. The molecule has 0 aliphatic rings. The van der Waals surface area contributed by atoms with Gasteiger partial charge in [-0.15, -0.1) is 0 Å². The van der Waals surface area contributed by atoms with Gasteiger partial charge in [-0.25, -0.2) is 0 Å². The van der Waals surface area contributed by atoms with Crippen LogP contribution in [0.2, 0.25) is 5.02 Å². The third-order valence-corrected chi connectivity index (χ3v) is 3.51. The summed E-state index contributed by atoms with van der Waals surface area (Å²) in [5, 5.41) is 23.0. The lowest BCUT2D eigenvalue weighted by Gasteiger charge is -1.97. The van der Waals surface area contributed by atoms with Gasteiger partial charge in [-0.05, 0) is 23.8 Å². The first-order valence-corrected chi connectivity index (χ1v) is 6.55. The van der Waals surface area contributed by atoms with Crippen LogP contribution in [0.25, 0.3) is 22.2 Å². The van der Waals surface area contributed by atoms with Gasteiger partial charge in [0.2, 0.25) is 0 Å². The van der Waals surface area contributed by atoms with E-state index in [4.69, 9.17) is 11.6 Å². The second kappa shape index (κ2) is 5.12. The zero-order chi connectivity index (χ0) is 15.9. The molecule has 3 rings (SSSR count). The second-order valence-corrected chi connectivity index (χ2v) is 5.07. The topological polar surface area (TPSA) is 102 Å². The quantitative estimate of drug-likeness (QED) is 0.574. The monoisotopic (exact) mass is 317 g/mol. The maximum Gasteiger partial charge on any atom is 0.300 e. The number of aromatic nitrogens is 1. The molecule has 7 nitrogen and oxygen atoms in total. The minimum Gasteiger partial charge on any atom is -0.349 e. The van der Waals surface area contributed by atoms with Gasteiger partial charge in [0.15, 0.2) is 0 Å². The Morgan fingerprint density at radius 2 is 1.64 bits per heavy atom. The van der Waals surface area contributed by atoms with Crippen molar-refractivity contribution in [1.82, 2.24) is 4.98 Å². The van der Waals surface area contributed by atoms with Gasteiger partial charge in [0.25, 0.3) is 11.4 Å². The van der Waals surface area contributed by atoms with Crippen molar-refractivity contribution in [1.29, 1.82) is 0 Å². The minimum atomic E-state index is -0.651. The summed E-state index contributed by atoms with van der Waals surface area (Å²) in [6.45, 7) is 0. The fourth-order valence-corrected chi connectivity index (χ4v) is 2.37. The van der Waals surface area contributed by atoms with E-state index in [0.29, 0.717) is 16.1 Å². The van der Waals surface area contributed by atoms with E-state index in [0.717, 1.165) is 11.6 Å². The molecule has 1 aromatic heterocycles. The first kappa shape index (κ1) is 14.0. The summed E-state index contributed by atoms with van der Waals surface area (Å²) in [6.07, 6.45) is 0. The number of aromatic amines is 1. The van der Waals surface area contributed by atoms with Crippen molar-refractivity contribution < 1.29 is 9.85 Å². The molecule has 0 bridgehead atoms. The third-order valence-electron chi connectivity index (χ3n) is 3.26. The number of nitrogens with zero attached hydrogens (tertiary/aromatic N) is 2. The van der Waals surface area contributed by atoms with Crippen LogP contribution in [0.3, 0.4) is 0 Å². The predicted molar refractivity (Wildman–Crippen MR) is 82.1 cm³/mol. The van der Waals surface area contributed by atoms with Gasteiger partial charge in [-0.1, -0.05) is 23.7 Å². The molecule has 0 aliphatic heterocycles. The molecule has 3 aromatic rings. The van der Waals surface area contributed by atoms with Crippen molar-refractivity contribution in [3.05, 3.63) is 67.7 Å². The number of nitrogens with one attached hydrogen (secondary N) is 1. The van der Waals surface area contributed by atoms with Gasteiger partial charge < -0.3 is 4.98 Å². The molecule has 0 saturated carbocycles. The smallest absolute Gasteiger partial charge is 0.300 e. The molecular weight excluding hydrogens is 310 g/mol. The molecule has 0 unspecified atom stereocenters. The maximum atomic E-state index is 11.1. The van der Waals surface area contributed by atoms with E-state index < -0.39 is 9.85 Å². The third kappa shape index (κ3) is 2.38. The van der Waals surface area contributed by atoms with Crippen LogP contribution in [0.15, 0.2) is 42.5 Å². The lowest BCUT2D eigenvalue weighted by atomic mass is 10.1. The molecule has 0 fully saturated rings. The number of non-ortho nitro benzene ring substituents is 2. The molecule has 1 heterocycles. The van der Waals surface area contributed by atoms with Crippen LogP contribution in [0.5, 0.6) is 0 Å². The fourth-order valence-electron chi connectivity index (χ4n) is 2.24. The summed E-state index contributed by atoms with van der Waals surface area (Å²) >= 11 is 5.83. The Balaban J connectivity index is 2.24. The number of hydrogen-bond donors (Lipinski definition) is 1. The summed E-state index contributed by atoms with van der Waals surface area (Å²) in [4.78, 5) is 23.7. The maximum absolute atomic E-state index is 11.1. The van der Waals surface area contributed by atoms with Crippen LogP contribution in [0, 0.1) is 20.2 Å². The van der Waals surface area contributed by atoms with Crippen molar-refractivity contribution in [2.45, 2.75) is 0 Å². The van der Waals surface area contributed by atoms with E-state index in [-0.39, 0.29) is 16.9 Å². The number of rotatable bonds is 3. The number of nitro benzene ring substituents is 2. The summed E-state index contributed by atoms with van der Waals surface area (Å²) in [6, 6.07) is 10.8. The summed E-state index contributed by atoms with van der Waals surface area (Å²) < 4.78 is 0. The average molecular weight is 318 g/mol. The first-order valence-electron chi connectivity index (χ1n) is 6.17. The Morgan fingerprint density at radius 3 is 2.23 bits per heavy atom. The lowest BCUT2D eigenvalue weighted by molar-refractivity contribution is -0.393. The lowest BCUT2D eigenvalue weighted by Crippen LogP contribution is -1.93. The van der Waals surface area contributed by atoms with Crippen molar-refractivity contribution in [3.8, 4) is 11.3 Å². The molecular formula is C14H8ClN3O4. The minimum absolute atomic E-state index is 0.251. The number of H-pyrrole nitrogens is 1. The van der Waals surface area contributed by atoms with Crippen molar-refractivity contribution >= 4 is 33.9 Å². The van der Waals surface area contributed by atoms with Crippen LogP contribution in [-0.2, 0) is 0 Å². The van der Waals surface area contributed by atoms with Gasteiger partial charge in [-0.3, -0.25) is 20.2 Å². The molecule has 1 N–H and O–H groups in total. The molecule has 2 aromatic carbocycles. The van der Waals surface area contributed by atoms with E-state index in [9.17, 15) is 20.2 Å². The number of nitro groups is 2. The molecule has 0 aliphatic carbocycles. The Labute approximate surface area is 128 Å². The number of hydrogen-bond acceptors (Lipinski definition) is 4. The fraction of sp³-hybridized carbons (Fsp3) is 0. The Hall–Kier alpha value is -2.93. The molecule has 110 valence electrons. The highest BCUT2D eigenvalue weighted by Crippen LogP contribution is 2.34. The standard InChI is InChI=1S/C14H8ClN3O4/c15-10-3-1-8(2-4-10)12-6-9-5-11(17(19)20)7-13(18(21)22)14(9)16-12/h1-7,16H. The summed E-state index contributed by atoms with van der Waals surface area (Å²) in [7, 11) is 0. The SMILES string of the molecule is O=[N+]([O-])c1cc([N+](=O)[O-])c2[nH]c(-c3ccc(Cl)cc3)cc2c1. The van der Waals surface area contributed by atoms with E-state index in [1.165, 1.54) is 6.07 Å². The zero-order valence-electron chi connectivity index (χ0n) is 10.9. The Bertz CT molecular complexity index is 902. The van der Waals surface area contributed by atoms with Crippen LogP contribution >= 0.6 is 11.6 Å². The van der Waals surface area contributed by atoms with Gasteiger partial charge >= 0.3 is 0 Å². The van der Waals surface area contributed by atoms with Crippen molar-refractivity contribution in [2.75, 3.05) is 0 Å². The molecule has 8 heteroatoms. The van der Waals surface area contributed by atoms with E-state index in [1.807, 2.05) is 0 Å². The molecule has 0 radical (unpaired) electrons. The van der Waals surface area contributed by atoms with E-state index in [1.54, 1.807) is 30.3 Å². The van der Waals surface area contributed by atoms with E-state index >= 15 is 0 Å². The van der Waals surface area contributed by atoms with Crippen LogP contribution in [0.1, 0.15) is 0 Å². The zero-order valence-corrected chi connectivity index (χ0v) is 11.7. The number of halogens is 1. The molecule has 0 saturated heterocycles. The van der Waals surface area contributed by atoms with Crippen LogP contribution < -0.4 is 0 Å². The number of fused-ring (bicyclic) bond motifs is 1. The van der Waals surface area contributed by atoms with Crippen LogP contribution in [0.4, 0.5) is 11.4 Å². The highest BCUT2D eigenvalue weighted by atomic mass is 35.5. The summed E-state index contributed by atoms with van der Waals surface area (Å²) in [5.74, 6) is 0. The summed E-state index contributed by atoms with van der Waals surface area (Å²) in [5.41, 5.74) is 0.999. The molecule has 0 atom stereocenters. The van der Waals surface area contributed by atoms with Crippen molar-refractivity contribution in [2.24, 2.45) is 0 Å². The average Bonchev–Trinajstić information content (AvgIpc) is 2.90. The highest BCUT2D eigenvalue weighted by Gasteiger charge is 2.21. The number of benzene rings is 2. The van der Waals surface area contributed by atoms with Crippen LogP contribution in [-0.4, -0.2) is 14.8 Å². The van der Waals surface area contributed by atoms with Gasteiger partial charge in [0, 0.05) is 22.2 Å². The van der Waals surface area contributed by atoms with Crippen molar-refractivity contribution in [3.63, 3.8) is 0 Å².